The quantitative estimate of drug-likeness (QED) is 0.670. The molecule has 0 heterocycles. The monoisotopic (exact) mass is 284 g/mol. The number of halogens is 3. The van der Waals surface area contributed by atoms with Crippen LogP contribution in [0.5, 0.6) is 0 Å². The van der Waals surface area contributed by atoms with Gasteiger partial charge in [-0.2, -0.15) is 13.2 Å². The predicted octanol–water partition coefficient (Wildman–Crippen LogP) is 1.53. The third-order valence-electron chi connectivity index (χ3n) is 1.89. The lowest BCUT2D eigenvalue weighted by atomic mass is 10.2. The summed E-state index contributed by atoms with van der Waals surface area (Å²) in [6.07, 6.45) is 0. The van der Waals surface area contributed by atoms with Crippen LogP contribution in [0.25, 0.3) is 0 Å². The molecule has 0 saturated carbocycles. The molecule has 1 rings (SSSR count). The average Bonchev–Trinajstić information content (AvgIpc) is 2.25. The summed E-state index contributed by atoms with van der Waals surface area (Å²) in [5, 5.41) is 10.4. The lowest BCUT2D eigenvalue weighted by Gasteiger charge is -2.09. The zero-order valence-electron chi connectivity index (χ0n) is 8.64. The van der Waals surface area contributed by atoms with Crippen molar-refractivity contribution >= 4 is 15.7 Å². The summed E-state index contributed by atoms with van der Waals surface area (Å²) in [5.74, 6) is 0. The summed E-state index contributed by atoms with van der Waals surface area (Å²) < 4.78 is 58.6. The average molecular weight is 284 g/mol. The van der Waals surface area contributed by atoms with Gasteiger partial charge < -0.3 is 0 Å². The van der Waals surface area contributed by atoms with Crippen molar-refractivity contribution in [3.8, 4) is 0 Å². The van der Waals surface area contributed by atoms with Crippen molar-refractivity contribution in [1.29, 1.82) is 0 Å². The Balaban J connectivity index is 2.82. The Morgan fingerprint density at radius 3 is 2.44 bits per heavy atom. The van der Waals surface area contributed by atoms with Gasteiger partial charge in [-0.25, -0.2) is 13.1 Å². The van der Waals surface area contributed by atoms with Gasteiger partial charge in [0.25, 0.3) is 5.69 Å². The minimum absolute atomic E-state index is 0.0528. The molecule has 100 valence electrons. The molecular formula is C8H7F3N2O4S. The van der Waals surface area contributed by atoms with E-state index in [9.17, 15) is 31.7 Å². The van der Waals surface area contributed by atoms with E-state index >= 15 is 0 Å². The number of nitro benzene ring substituents is 1. The maximum atomic E-state index is 12.0. The zero-order valence-corrected chi connectivity index (χ0v) is 9.46. The van der Waals surface area contributed by atoms with Crippen LogP contribution in [0.1, 0.15) is 5.56 Å². The third-order valence-corrected chi connectivity index (χ3v) is 3.03. The molecule has 0 unspecified atom stereocenters. The van der Waals surface area contributed by atoms with E-state index in [1.807, 2.05) is 0 Å². The second-order valence-electron chi connectivity index (χ2n) is 3.20. The Hall–Kier alpha value is -1.68. The van der Waals surface area contributed by atoms with Crippen LogP contribution in [-0.2, 0) is 16.6 Å². The normalized spacial score (nSPS) is 12.4. The van der Waals surface area contributed by atoms with Crippen LogP contribution >= 0.6 is 0 Å². The lowest BCUT2D eigenvalue weighted by Crippen LogP contribution is -2.35. The first-order chi connectivity index (χ1) is 8.13. The molecule has 0 bridgehead atoms. The van der Waals surface area contributed by atoms with Gasteiger partial charge in [0.15, 0.2) is 0 Å². The van der Waals surface area contributed by atoms with Gasteiger partial charge in [0.2, 0.25) is 0 Å². The second-order valence-corrected chi connectivity index (χ2v) is 4.96. The summed E-state index contributed by atoms with van der Waals surface area (Å²) in [6.45, 7) is -0.677. The molecule has 0 aliphatic heterocycles. The maximum absolute atomic E-state index is 12.0. The van der Waals surface area contributed by atoms with Crippen molar-refractivity contribution in [3.63, 3.8) is 0 Å². The molecule has 10 heteroatoms. The molecule has 6 nitrogen and oxygen atoms in total. The van der Waals surface area contributed by atoms with Crippen LogP contribution in [0.15, 0.2) is 24.3 Å². The van der Waals surface area contributed by atoms with Gasteiger partial charge in [-0.05, 0) is 5.56 Å². The fourth-order valence-electron chi connectivity index (χ4n) is 1.04. The van der Waals surface area contributed by atoms with E-state index in [0.29, 0.717) is 0 Å². The molecule has 0 fully saturated rings. The highest BCUT2D eigenvalue weighted by atomic mass is 32.2. The molecule has 1 aromatic carbocycles. The minimum atomic E-state index is -5.45. The van der Waals surface area contributed by atoms with E-state index < -0.39 is 27.0 Å². The van der Waals surface area contributed by atoms with Crippen LogP contribution in [0.3, 0.4) is 0 Å². The number of hydrogen-bond donors (Lipinski definition) is 1. The number of non-ortho nitro benzene ring substituents is 1. The highest BCUT2D eigenvalue weighted by molar-refractivity contribution is 7.90. The van der Waals surface area contributed by atoms with E-state index in [0.717, 1.165) is 12.1 Å². The fraction of sp³-hybridized carbons (Fsp3) is 0.250. The molecular weight excluding hydrogens is 277 g/mol. The zero-order chi connectivity index (χ0) is 14.0. The Morgan fingerprint density at radius 2 is 1.94 bits per heavy atom. The molecule has 0 amide bonds. The molecule has 0 atom stereocenters. The highest BCUT2D eigenvalue weighted by Gasteiger charge is 2.45. The number of nitro groups is 1. The van der Waals surface area contributed by atoms with Crippen LogP contribution in [0.2, 0.25) is 0 Å². The lowest BCUT2D eigenvalue weighted by molar-refractivity contribution is -0.384. The Labute approximate surface area is 99.6 Å². The molecule has 0 spiro atoms. The Kier molecular flexibility index (Phi) is 3.92. The number of sulfonamides is 1. The van der Waals surface area contributed by atoms with Gasteiger partial charge >= 0.3 is 15.5 Å². The van der Waals surface area contributed by atoms with E-state index in [1.165, 1.54) is 16.9 Å². The second kappa shape index (κ2) is 4.90. The van der Waals surface area contributed by atoms with Gasteiger partial charge in [0.1, 0.15) is 0 Å². The highest BCUT2D eigenvalue weighted by Crippen LogP contribution is 2.22. The Bertz CT molecular complexity index is 556. The number of rotatable bonds is 4. The summed E-state index contributed by atoms with van der Waals surface area (Å²) in [6, 6.07) is 4.64. The smallest absolute Gasteiger partial charge is 0.258 e. The largest absolute Gasteiger partial charge is 0.511 e. The first kappa shape index (κ1) is 14.4. The molecule has 1 aromatic rings. The number of alkyl halides is 3. The molecule has 1 N–H and O–H groups in total. The SMILES string of the molecule is O=[N+]([O-])c1cccc(CNS(=O)(=O)C(F)(F)F)c1. The van der Waals surface area contributed by atoms with Gasteiger partial charge in [-0.15, -0.1) is 0 Å². The molecule has 0 aliphatic carbocycles. The van der Waals surface area contributed by atoms with Gasteiger partial charge in [0.05, 0.1) is 4.92 Å². The van der Waals surface area contributed by atoms with Crippen LogP contribution < -0.4 is 4.72 Å². The van der Waals surface area contributed by atoms with Crippen molar-refractivity contribution in [3.05, 3.63) is 39.9 Å². The van der Waals surface area contributed by atoms with Crippen molar-refractivity contribution in [2.24, 2.45) is 0 Å². The fourth-order valence-corrected chi connectivity index (χ4v) is 1.56. The summed E-state index contributed by atoms with van der Waals surface area (Å²) in [7, 11) is -5.45. The molecule has 0 radical (unpaired) electrons. The first-order valence-corrected chi connectivity index (χ1v) is 5.91. The van der Waals surface area contributed by atoms with Crippen molar-refractivity contribution in [2.45, 2.75) is 12.1 Å². The minimum Gasteiger partial charge on any atom is -0.258 e. The number of nitrogens with zero attached hydrogens (tertiary/aromatic N) is 1. The van der Waals surface area contributed by atoms with E-state index in [4.69, 9.17) is 0 Å². The van der Waals surface area contributed by atoms with Crippen molar-refractivity contribution < 1.29 is 26.5 Å². The van der Waals surface area contributed by atoms with E-state index in [-0.39, 0.29) is 11.3 Å². The number of nitrogens with one attached hydrogen (secondary N) is 1. The van der Waals surface area contributed by atoms with E-state index in [2.05, 4.69) is 0 Å². The molecule has 0 saturated heterocycles. The van der Waals surface area contributed by atoms with Gasteiger partial charge in [-0.1, -0.05) is 12.1 Å². The molecule has 0 aliphatic rings. The maximum Gasteiger partial charge on any atom is 0.511 e. The van der Waals surface area contributed by atoms with E-state index in [1.54, 1.807) is 0 Å². The first-order valence-electron chi connectivity index (χ1n) is 4.43. The summed E-state index contributed by atoms with van der Waals surface area (Å²) >= 11 is 0. The standard InChI is InChI=1S/C8H7F3N2O4S/c9-8(10,11)18(16,17)12-5-6-2-1-3-7(4-6)13(14)15/h1-4,12H,5H2. The topological polar surface area (TPSA) is 89.3 Å². The predicted molar refractivity (Wildman–Crippen MR) is 54.9 cm³/mol. The van der Waals surface area contributed by atoms with Gasteiger partial charge in [0, 0.05) is 18.7 Å². The Morgan fingerprint density at radius 1 is 1.33 bits per heavy atom. The summed E-state index contributed by atoms with van der Waals surface area (Å²) in [4.78, 5) is 9.67. The number of hydrogen-bond acceptors (Lipinski definition) is 4. The van der Waals surface area contributed by atoms with Crippen LogP contribution in [-0.4, -0.2) is 18.8 Å². The summed E-state index contributed by atoms with van der Waals surface area (Å²) in [5.41, 5.74) is -5.69. The van der Waals surface area contributed by atoms with Crippen LogP contribution in [0.4, 0.5) is 18.9 Å². The third kappa shape index (κ3) is 3.40. The van der Waals surface area contributed by atoms with Gasteiger partial charge in [-0.3, -0.25) is 10.1 Å². The molecule has 0 aromatic heterocycles. The molecule has 18 heavy (non-hydrogen) atoms. The number of benzene rings is 1. The van der Waals surface area contributed by atoms with Crippen LogP contribution in [0, 0.1) is 10.1 Å². The van der Waals surface area contributed by atoms with Crippen molar-refractivity contribution in [2.75, 3.05) is 0 Å². The van der Waals surface area contributed by atoms with Crippen molar-refractivity contribution in [1.82, 2.24) is 4.72 Å².